The molecule has 2 aromatic heterocycles. The minimum absolute atomic E-state index is 0.103. The lowest BCUT2D eigenvalue weighted by Crippen LogP contribution is -2.50. The Balaban J connectivity index is 1.66. The average Bonchev–Trinajstić information content (AvgIpc) is 2.88. The SMILES string of the molecule is CC(C)(C)OC(=O)N1CCN(c2cc(-c3ccc(F)cc3F)c3cc[n+]([O-])c(-c4c(Cl)cccc4Cl)c3n2)CC1. The van der Waals surface area contributed by atoms with Gasteiger partial charge < -0.3 is 19.7 Å². The molecule has 1 fully saturated rings. The molecule has 7 nitrogen and oxygen atoms in total. The smallest absolute Gasteiger partial charge is 0.410 e. The molecule has 0 atom stereocenters. The number of hydrogen-bond acceptors (Lipinski definition) is 5. The van der Waals surface area contributed by atoms with Crippen molar-refractivity contribution in [2.75, 3.05) is 31.1 Å². The first kappa shape index (κ1) is 27.9. The first-order valence-corrected chi connectivity index (χ1v) is 13.4. The van der Waals surface area contributed by atoms with Crippen LogP contribution in [-0.4, -0.2) is 47.8 Å². The van der Waals surface area contributed by atoms with Gasteiger partial charge in [0, 0.05) is 49.3 Å². The van der Waals surface area contributed by atoms with Gasteiger partial charge in [-0.25, -0.2) is 18.6 Å². The van der Waals surface area contributed by atoms with E-state index >= 15 is 4.39 Å². The lowest BCUT2D eigenvalue weighted by atomic mass is 9.98. The first-order valence-electron chi connectivity index (χ1n) is 12.6. The van der Waals surface area contributed by atoms with E-state index in [1.54, 1.807) is 49.9 Å². The maximum Gasteiger partial charge on any atom is 0.410 e. The Labute approximate surface area is 240 Å². The first-order chi connectivity index (χ1) is 18.9. The molecule has 1 aliphatic rings. The highest BCUT2D eigenvalue weighted by Crippen LogP contribution is 2.40. The van der Waals surface area contributed by atoms with Crippen LogP contribution in [0.2, 0.25) is 10.0 Å². The zero-order chi connectivity index (χ0) is 28.8. The summed E-state index contributed by atoms with van der Waals surface area (Å²) in [5, 5.41) is 14.1. The molecule has 4 aromatic rings. The monoisotopic (exact) mass is 586 g/mol. The molecule has 0 bridgehead atoms. The van der Waals surface area contributed by atoms with Crippen molar-refractivity contribution in [2.24, 2.45) is 0 Å². The van der Waals surface area contributed by atoms with Gasteiger partial charge in [0.05, 0.1) is 15.6 Å². The van der Waals surface area contributed by atoms with Gasteiger partial charge in [-0.1, -0.05) is 29.3 Å². The van der Waals surface area contributed by atoms with Gasteiger partial charge in [0.15, 0.2) is 6.20 Å². The summed E-state index contributed by atoms with van der Waals surface area (Å²) in [7, 11) is 0. The van der Waals surface area contributed by atoms with E-state index in [0.29, 0.717) is 47.7 Å². The van der Waals surface area contributed by atoms with Crippen LogP contribution in [0.3, 0.4) is 0 Å². The predicted molar refractivity (Wildman–Crippen MR) is 152 cm³/mol. The largest absolute Gasteiger partial charge is 0.618 e. The molecule has 3 heterocycles. The molecule has 0 aliphatic carbocycles. The van der Waals surface area contributed by atoms with Crippen LogP contribution in [-0.2, 0) is 4.74 Å². The maximum atomic E-state index is 15.1. The highest BCUT2D eigenvalue weighted by atomic mass is 35.5. The van der Waals surface area contributed by atoms with Crippen LogP contribution in [0.5, 0.6) is 0 Å². The van der Waals surface area contributed by atoms with Crippen molar-refractivity contribution in [1.29, 1.82) is 0 Å². The molecule has 0 N–H and O–H groups in total. The number of fused-ring (bicyclic) bond motifs is 1. The number of benzene rings is 2. The second-order valence-corrected chi connectivity index (χ2v) is 11.3. The van der Waals surface area contributed by atoms with Crippen LogP contribution in [0.25, 0.3) is 33.3 Å². The van der Waals surface area contributed by atoms with E-state index in [1.165, 1.54) is 24.4 Å². The summed E-state index contributed by atoms with van der Waals surface area (Å²) >= 11 is 13.0. The highest BCUT2D eigenvalue weighted by Gasteiger charge is 2.29. The molecule has 208 valence electrons. The lowest BCUT2D eigenvalue weighted by molar-refractivity contribution is -0.592. The molecule has 2 aromatic carbocycles. The Morgan fingerprint density at radius 3 is 2.30 bits per heavy atom. The summed E-state index contributed by atoms with van der Waals surface area (Å²) in [6, 6.07) is 11.5. The number of carbonyl (C=O) groups is 1. The molecule has 1 saturated heterocycles. The van der Waals surface area contributed by atoms with Crippen LogP contribution in [0, 0.1) is 16.8 Å². The van der Waals surface area contributed by atoms with Gasteiger partial charge in [-0.05, 0) is 56.7 Å². The van der Waals surface area contributed by atoms with Crippen molar-refractivity contribution < 1.29 is 23.0 Å². The summed E-state index contributed by atoms with van der Waals surface area (Å²) in [6.45, 7) is 6.98. The standard InChI is InChI=1S/C29H26Cl2F2N4O3/c1-29(2,3)40-28(38)36-13-11-35(12-14-36)24-16-20(18-8-7-17(32)15-23(18)33)19-9-10-37(39)27(26(19)34-24)25-21(30)5-4-6-22(25)31/h4-10,15-16H,11-14H2,1-3H3. The zero-order valence-electron chi connectivity index (χ0n) is 22.1. The van der Waals surface area contributed by atoms with E-state index in [4.69, 9.17) is 32.9 Å². The minimum Gasteiger partial charge on any atom is -0.618 e. The Morgan fingerprint density at radius 2 is 1.68 bits per heavy atom. The molecule has 11 heteroatoms. The van der Waals surface area contributed by atoms with Crippen molar-refractivity contribution >= 4 is 46.0 Å². The van der Waals surface area contributed by atoms with Gasteiger partial charge in [0.2, 0.25) is 0 Å². The summed E-state index contributed by atoms with van der Waals surface area (Å²) in [6.07, 6.45) is 0.874. The second kappa shape index (κ2) is 10.7. The van der Waals surface area contributed by atoms with Gasteiger partial charge in [-0.15, -0.1) is 0 Å². The van der Waals surface area contributed by atoms with Crippen LogP contribution in [0.15, 0.2) is 54.7 Å². The number of anilines is 1. The number of halogens is 4. The van der Waals surface area contributed by atoms with Crippen LogP contribution in [0.1, 0.15) is 20.8 Å². The molecule has 5 rings (SSSR count). The third kappa shape index (κ3) is 5.48. The lowest BCUT2D eigenvalue weighted by Gasteiger charge is -2.36. The van der Waals surface area contributed by atoms with E-state index < -0.39 is 23.3 Å². The number of carbonyl (C=O) groups excluding carboxylic acids is 1. The van der Waals surface area contributed by atoms with Crippen LogP contribution >= 0.6 is 23.2 Å². The second-order valence-electron chi connectivity index (χ2n) is 10.5. The van der Waals surface area contributed by atoms with Gasteiger partial charge >= 0.3 is 6.09 Å². The third-order valence-corrected chi connectivity index (χ3v) is 7.17. The van der Waals surface area contributed by atoms with E-state index in [1.807, 2.05) is 4.90 Å². The fraction of sp³-hybridized carbons (Fsp3) is 0.276. The van der Waals surface area contributed by atoms with Gasteiger partial charge in [-0.3, -0.25) is 0 Å². The quantitative estimate of drug-likeness (QED) is 0.194. The van der Waals surface area contributed by atoms with Crippen molar-refractivity contribution in [2.45, 2.75) is 26.4 Å². The Hall–Kier alpha value is -3.69. The number of ether oxygens (including phenoxy) is 1. The van der Waals surface area contributed by atoms with Gasteiger partial charge in [0.25, 0.3) is 5.69 Å². The summed E-state index contributed by atoms with van der Waals surface area (Å²) < 4.78 is 35.0. The molecule has 0 spiro atoms. The number of amides is 1. The number of piperazine rings is 1. The van der Waals surface area contributed by atoms with E-state index in [9.17, 15) is 14.4 Å². The fourth-order valence-electron chi connectivity index (χ4n) is 4.70. The highest BCUT2D eigenvalue weighted by molar-refractivity contribution is 6.39. The number of aromatic nitrogens is 2. The van der Waals surface area contributed by atoms with Crippen LogP contribution < -0.4 is 9.63 Å². The van der Waals surface area contributed by atoms with Crippen molar-refractivity contribution in [1.82, 2.24) is 9.88 Å². The van der Waals surface area contributed by atoms with E-state index in [-0.39, 0.29) is 32.4 Å². The van der Waals surface area contributed by atoms with Crippen molar-refractivity contribution in [3.63, 3.8) is 0 Å². The zero-order valence-corrected chi connectivity index (χ0v) is 23.6. The molecule has 0 saturated carbocycles. The number of hydrogen-bond donors (Lipinski definition) is 0. The number of pyridine rings is 2. The average molecular weight is 587 g/mol. The normalized spacial score (nSPS) is 14.1. The third-order valence-electron chi connectivity index (χ3n) is 6.54. The van der Waals surface area contributed by atoms with Crippen molar-refractivity contribution in [3.8, 4) is 22.4 Å². The molecular formula is C29H26Cl2F2N4O3. The fourth-order valence-corrected chi connectivity index (χ4v) is 5.28. The van der Waals surface area contributed by atoms with Gasteiger partial charge in [-0.2, -0.15) is 4.73 Å². The molecule has 0 radical (unpaired) electrons. The summed E-state index contributed by atoms with van der Waals surface area (Å²) in [4.78, 5) is 21.0. The molecule has 1 aliphatic heterocycles. The van der Waals surface area contributed by atoms with Crippen molar-refractivity contribution in [3.05, 3.63) is 81.6 Å². The Bertz CT molecular complexity index is 1600. The Kier molecular flexibility index (Phi) is 7.46. The number of rotatable bonds is 3. The molecule has 1 amide bonds. The number of nitrogens with zero attached hydrogens (tertiary/aromatic N) is 4. The maximum absolute atomic E-state index is 15.1. The topological polar surface area (TPSA) is 72.6 Å². The minimum atomic E-state index is -0.760. The Morgan fingerprint density at radius 1 is 1.00 bits per heavy atom. The summed E-state index contributed by atoms with van der Waals surface area (Å²) in [5.41, 5.74) is 0.576. The molecule has 40 heavy (non-hydrogen) atoms. The molecule has 0 unspecified atom stereocenters. The van der Waals surface area contributed by atoms with E-state index in [0.717, 1.165) is 6.07 Å². The molecular weight excluding hydrogens is 561 g/mol. The van der Waals surface area contributed by atoms with E-state index in [2.05, 4.69) is 0 Å². The van der Waals surface area contributed by atoms with Gasteiger partial charge in [0.1, 0.15) is 28.6 Å². The predicted octanol–water partition coefficient (Wildman–Crippen LogP) is 6.84. The summed E-state index contributed by atoms with van der Waals surface area (Å²) in [5.74, 6) is -1.02. The van der Waals surface area contributed by atoms with Crippen LogP contribution in [0.4, 0.5) is 19.4 Å².